The Morgan fingerprint density at radius 1 is 1.75 bits per heavy atom. The third-order valence-corrected chi connectivity index (χ3v) is 3.77. The van der Waals surface area contributed by atoms with E-state index in [1.165, 1.54) is 29.3 Å². The van der Waals surface area contributed by atoms with Crippen LogP contribution in [-0.4, -0.2) is 30.7 Å². The van der Waals surface area contributed by atoms with Gasteiger partial charge in [0.25, 0.3) is 0 Å². The molecule has 0 aliphatic carbocycles. The lowest BCUT2D eigenvalue weighted by atomic mass is 10.2. The molecule has 4 nitrogen and oxygen atoms in total. The van der Waals surface area contributed by atoms with E-state index in [1.54, 1.807) is 7.11 Å². The summed E-state index contributed by atoms with van der Waals surface area (Å²) in [6, 6.07) is 2.29. The molecular weight excluding hydrogens is 224 g/mol. The molecule has 2 heterocycles. The van der Waals surface area contributed by atoms with Crippen molar-refractivity contribution in [3.05, 3.63) is 10.9 Å². The number of rotatable bonds is 5. The highest BCUT2D eigenvalue weighted by Crippen LogP contribution is 2.23. The summed E-state index contributed by atoms with van der Waals surface area (Å²) >= 11 is 1.49. The van der Waals surface area contributed by atoms with Crippen LogP contribution in [0.1, 0.15) is 30.7 Å². The highest BCUT2D eigenvalue weighted by atomic mass is 32.1. The van der Waals surface area contributed by atoms with Crippen LogP contribution < -0.4 is 10.1 Å². The van der Waals surface area contributed by atoms with Gasteiger partial charge >= 0.3 is 0 Å². The fourth-order valence-corrected chi connectivity index (χ4v) is 2.50. The van der Waals surface area contributed by atoms with E-state index >= 15 is 0 Å². The summed E-state index contributed by atoms with van der Waals surface area (Å²) in [5, 5.41) is 3.47. The van der Waals surface area contributed by atoms with Crippen molar-refractivity contribution in [1.29, 1.82) is 0 Å². The Balaban J connectivity index is 1.80. The lowest BCUT2D eigenvalue weighted by Gasteiger charge is -2.15. The monoisotopic (exact) mass is 242 g/mol. The van der Waals surface area contributed by atoms with Gasteiger partial charge in [-0.2, -0.15) is 4.37 Å². The minimum absolute atomic E-state index is 0.311. The summed E-state index contributed by atoms with van der Waals surface area (Å²) < 4.78 is 14.8. The number of nitrogens with one attached hydrogen (secondary N) is 1. The summed E-state index contributed by atoms with van der Waals surface area (Å²) in [4.78, 5) is 1.20. The van der Waals surface area contributed by atoms with Gasteiger partial charge in [-0.1, -0.05) is 0 Å². The van der Waals surface area contributed by atoms with Crippen LogP contribution in [0, 0.1) is 0 Å². The summed E-state index contributed by atoms with van der Waals surface area (Å²) in [7, 11) is 1.64. The van der Waals surface area contributed by atoms with E-state index in [2.05, 4.69) is 16.6 Å². The molecule has 1 aliphatic heterocycles. The van der Waals surface area contributed by atoms with Crippen LogP contribution >= 0.6 is 11.5 Å². The van der Waals surface area contributed by atoms with Gasteiger partial charge in [0.2, 0.25) is 5.88 Å². The predicted octanol–water partition coefficient (Wildman–Crippen LogP) is 1.98. The zero-order chi connectivity index (χ0) is 11.4. The Hall–Kier alpha value is -0.650. The van der Waals surface area contributed by atoms with Gasteiger partial charge in [-0.05, 0) is 31.3 Å². The lowest BCUT2D eigenvalue weighted by molar-refractivity contribution is 0.108. The predicted molar refractivity (Wildman–Crippen MR) is 64.1 cm³/mol. The highest BCUT2D eigenvalue weighted by Gasteiger charge is 2.17. The molecule has 16 heavy (non-hydrogen) atoms. The largest absolute Gasteiger partial charge is 0.480 e. The van der Waals surface area contributed by atoms with Gasteiger partial charge in [0, 0.05) is 30.1 Å². The van der Waals surface area contributed by atoms with Gasteiger partial charge in [-0.25, -0.2) is 0 Å². The Morgan fingerprint density at radius 2 is 2.62 bits per heavy atom. The van der Waals surface area contributed by atoms with Crippen LogP contribution in [0.5, 0.6) is 5.88 Å². The molecule has 5 heteroatoms. The molecule has 0 saturated carbocycles. The first-order valence-corrected chi connectivity index (χ1v) is 6.42. The maximum atomic E-state index is 5.57. The lowest BCUT2D eigenvalue weighted by Crippen LogP contribution is -2.28. The van der Waals surface area contributed by atoms with E-state index in [0.29, 0.717) is 18.0 Å². The first kappa shape index (κ1) is 11.8. The number of hydrogen-bond acceptors (Lipinski definition) is 5. The second-order valence-electron chi connectivity index (χ2n) is 4.04. The summed E-state index contributed by atoms with van der Waals surface area (Å²) in [5.74, 6) is 0.700. The summed E-state index contributed by atoms with van der Waals surface area (Å²) in [6.07, 6.45) is 2.75. The van der Waals surface area contributed by atoms with E-state index in [0.717, 1.165) is 13.2 Å². The van der Waals surface area contributed by atoms with Gasteiger partial charge in [0.15, 0.2) is 0 Å². The van der Waals surface area contributed by atoms with Gasteiger partial charge in [-0.15, -0.1) is 0 Å². The van der Waals surface area contributed by atoms with Crippen LogP contribution in [0.15, 0.2) is 6.07 Å². The zero-order valence-corrected chi connectivity index (χ0v) is 10.5. The molecule has 1 fully saturated rings. The fourth-order valence-electron chi connectivity index (χ4n) is 1.79. The Kier molecular flexibility index (Phi) is 4.15. The number of methoxy groups -OCH3 is 1. The smallest absolute Gasteiger partial charge is 0.225 e. The number of nitrogens with zero attached hydrogens (tertiary/aromatic N) is 1. The van der Waals surface area contributed by atoms with Gasteiger partial charge in [-0.3, -0.25) is 0 Å². The molecular formula is C11H18N2O2S. The van der Waals surface area contributed by atoms with Gasteiger partial charge < -0.3 is 14.8 Å². The van der Waals surface area contributed by atoms with Gasteiger partial charge in [0.1, 0.15) is 0 Å². The highest BCUT2D eigenvalue weighted by molar-refractivity contribution is 7.06. The molecule has 1 aromatic rings. The minimum atomic E-state index is 0.311. The molecule has 0 radical (unpaired) electrons. The van der Waals surface area contributed by atoms with Gasteiger partial charge in [0.05, 0.1) is 13.2 Å². The second-order valence-corrected chi connectivity index (χ2v) is 4.87. The molecule has 2 atom stereocenters. The second kappa shape index (κ2) is 5.61. The van der Waals surface area contributed by atoms with Crippen molar-refractivity contribution in [2.75, 3.05) is 20.3 Å². The van der Waals surface area contributed by atoms with E-state index in [9.17, 15) is 0 Å². The van der Waals surface area contributed by atoms with Crippen LogP contribution in [0.2, 0.25) is 0 Å². The van der Waals surface area contributed by atoms with Crippen molar-refractivity contribution in [2.24, 2.45) is 0 Å². The van der Waals surface area contributed by atoms with Crippen molar-refractivity contribution in [3.63, 3.8) is 0 Å². The SMILES string of the molecule is COc1cc(C(C)NCC2CCCO2)sn1. The molecule has 1 aliphatic rings. The topological polar surface area (TPSA) is 43.4 Å². The van der Waals surface area contributed by atoms with E-state index in [-0.39, 0.29) is 0 Å². The summed E-state index contributed by atoms with van der Waals surface area (Å²) in [5.41, 5.74) is 0. The molecule has 1 saturated heterocycles. The van der Waals surface area contributed by atoms with Crippen molar-refractivity contribution >= 4 is 11.5 Å². The first-order valence-electron chi connectivity index (χ1n) is 5.65. The standard InChI is InChI=1S/C11H18N2O2S/c1-8(10-6-11(14-2)13-16-10)12-7-9-4-3-5-15-9/h6,8-9,12H,3-5,7H2,1-2H3. The van der Waals surface area contributed by atoms with E-state index in [1.807, 2.05) is 6.07 Å². The quantitative estimate of drug-likeness (QED) is 0.857. The average molecular weight is 242 g/mol. The normalized spacial score (nSPS) is 22.2. The molecule has 90 valence electrons. The molecule has 1 N–H and O–H groups in total. The van der Waals surface area contributed by atoms with Crippen LogP contribution in [-0.2, 0) is 4.74 Å². The molecule has 2 rings (SSSR count). The van der Waals surface area contributed by atoms with Crippen LogP contribution in [0.3, 0.4) is 0 Å². The molecule has 2 unspecified atom stereocenters. The van der Waals surface area contributed by atoms with E-state index in [4.69, 9.17) is 9.47 Å². The molecule has 0 aromatic carbocycles. The zero-order valence-electron chi connectivity index (χ0n) is 9.73. The summed E-state index contributed by atoms with van der Waals surface area (Å²) in [6.45, 7) is 3.97. The van der Waals surface area contributed by atoms with E-state index < -0.39 is 0 Å². The van der Waals surface area contributed by atoms with Crippen molar-refractivity contribution in [1.82, 2.24) is 9.69 Å². The molecule has 0 amide bonds. The first-order chi connectivity index (χ1) is 7.79. The van der Waals surface area contributed by atoms with Crippen molar-refractivity contribution < 1.29 is 9.47 Å². The Morgan fingerprint density at radius 3 is 3.25 bits per heavy atom. The molecule has 0 bridgehead atoms. The van der Waals surface area contributed by atoms with Crippen LogP contribution in [0.4, 0.5) is 0 Å². The Bertz CT molecular complexity index is 324. The average Bonchev–Trinajstić information content (AvgIpc) is 2.96. The maximum absolute atomic E-state index is 5.57. The van der Waals surface area contributed by atoms with Crippen molar-refractivity contribution in [3.8, 4) is 5.88 Å². The maximum Gasteiger partial charge on any atom is 0.225 e. The number of aromatic nitrogens is 1. The van der Waals surface area contributed by atoms with Crippen molar-refractivity contribution in [2.45, 2.75) is 31.9 Å². The molecule has 1 aromatic heterocycles. The van der Waals surface area contributed by atoms with Crippen LogP contribution in [0.25, 0.3) is 0 Å². The Labute approximate surface area is 100 Å². The number of ether oxygens (including phenoxy) is 2. The third kappa shape index (κ3) is 2.93. The minimum Gasteiger partial charge on any atom is -0.480 e. The third-order valence-electron chi connectivity index (χ3n) is 2.82. The molecule has 0 spiro atoms. The number of hydrogen-bond donors (Lipinski definition) is 1. The fraction of sp³-hybridized carbons (Fsp3) is 0.727.